The van der Waals surface area contributed by atoms with E-state index in [0.29, 0.717) is 33.3 Å². The lowest BCUT2D eigenvalue weighted by Crippen LogP contribution is -2.17. The standard InChI is InChI=1S/C18H16ClNO2S/c1-2-10-23-12-17(21)20-16-9-8-14(19)11-15(16)18(22)13-6-4-3-5-7-13/h2-9,11H,1,10,12H2,(H,20,21). The van der Waals surface area contributed by atoms with Crippen LogP contribution in [-0.2, 0) is 4.79 Å². The van der Waals surface area contributed by atoms with Gasteiger partial charge in [0.1, 0.15) is 0 Å². The van der Waals surface area contributed by atoms with Crippen LogP contribution in [0.25, 0.3) is 0 Å². The molecule has 2 aromatic carbocycles. The van der Waals surface area contributed by atoms with Gasteiger partial charge in [-0.25, -0.2) is 0 Å². The highest BCUT2D eigenvalue weighted by Crippen LogP contribution is 2.24. The highest BCUT2D eigenvalue weighted by molar-refractivity contribution is 8.00. The number of rotatable bonds is 7. The van der Waals surface area contributed by atoms with E-state index in [1.165, 1.54) is 11.8 Å². The van der Waals surface area contributed by atoms with Crippen molar-refractivity contribution in [2.24, 2.45) is 0 Å². The molecule has 0 saturated carbocycles. The monoisotopic (exact) mass is 345 g/mol. The normalized spacial score (nSPS) is 10.1. The second-order valence-corrected chi connectivity index (χ2v) is 6.20. The number of ketones is 1. The molecule has 2 aromatic rings. The van der Waals surface area contributed by atoms with E-state index >= 15 is 0 Å². The SMILES string of the molecule is C=CCSCC(=O)Nc1ccc(Cl)cc1C(=O)c1ccccc1. The molecule has 0 saturated heterocycles. The number of halogens is 1. The number of nitrogens with one attached hydrogen (secondary N) is 1. The summed E-state index contributed by atoms with van der Waals surface area (Å²) in [6.07, 6.45) is 1.74. The smallest absolute Gasteiger partial charge is 0.234 e. The van der Waals surface area contributed by atoms with E-state index in [0.717, 1.165) is 0 Å². The number of hydrogen-bond donors (Lipinski definition) is 1. The summed E-state index contributed by atoms with van der Waals surface area (Å²) >= 11 is 7.46. The quantitative estimate of drug-likeness (QED) is 0.459. The number of carbonyl (C=O) groups is 2. The van der Waals surface area contributed by atoms with Crippen molar-refractivity contribution in [2.45, 2.75) is 0 Å². The first kappa shape index (κ1) is 17.3. The Bertz CT molecular complexity index is 716. The van der Waals surface area contributed by atoms with Crippen LogP contribution in [0.4, 0.5) is 5.69 Å². The molecular formula is C18H16ClNO2S. The minimum atomic E-state index is -0.179. The zero-order valence-corrected chi connectivity index (χ0v) is 14.0. The maximum absolute atomic E-state index is 12.6. The third kappa shape index (κ3) is 4.98. The maximum atomic E-state index is 12.6. The fourth-order valence-corrected chi connectivity index (χ4v) is 2.69. The summed E-state index contributed by atoms with van der Waals surface area (Å²) in [5, 5.41) is 3.22. The van der Waals surface area contributed by atoms with Crippen LogP contribution in [0.3, 0.4) is 0 Å². The molecule has 0 aliphatic carbocycles. The van der Waals surface area contributed by atoms with Crippen LogP contribution in [0, 0.1) is 0 Å². The first-order valence-electron chi connectivity index (χ1n) is 6.99. The van der Waals surface area contributed by atoms with E-state index in [1.807, 2.05) is 6.07 Å². The highest BCUT2D eigenvalue weighted by atomic mass is 35.5. The predicted octanol–water partition coefficient (Wildman–Crippen LogP) is 4.43. The molecule has 0 atom stereocenters. The molecule has 0 aliphatic heterocycles. The van der Waals surface area contributed by atoms with Crippen molar-refractivity contribution in [3.05, 3.63) is 77.3 Å². The zero-order valence-electron chi connectivity index (χ0n) is 12.4. The van der Waals surface area contributed by atoms with Gasteiger partial charge in [0, 0.05) is 21.9 Å². The van der Waals surface area contributed by atoms with Gasteiger partial charge >= 0.3 is 0 Å². The second kappa shape index (κ2) is 8.56. The lowest BCUT2D eigenvalue weighted by Gasteiger charge is -2.11. The van der Waals surface area contributed by atoms with Gasteiger partial charge in [-0.2, -0.15) is 0 Å². The minimum absolute atomic E-state index is 0.165. The molecule has 3 nitrogen and oxygen atoms in total. The third-order valence-electron chi connectivity index (χ3n) is 3.01. The van der Waals surface area contributed by atoms with Gasteiger partial charge in [0.25, 0.3) is 0 Å². The molecule has 0 radical (unpaired) electrons. The molecule has 0 aromatic heterocycles. The Morgan fingerprint density at radius 3 is 2.61 bits per heavy atom. The molecule has 0 unspecified atom stereocenters. The van der Waals surface area contributed by atoms with E-state index in [9.17, 15) is 9.59 Å². The van der Waals surface area contributed by atoms with Crippen LogP contribution in [0.5, 0.6) is 0 Å². The number of carbonyl (C=O) groups excluding carboxylic acids is 2. The molecule has 0 fully saturated rings. The topological polar surface area (TPSA) is 46.2 Å². The third-order valence-corrected chi connectivity index (χ3v) is 4.18. The molecule has 5 heteroatoms. The van der Waals surface area contributed by atoms with Crippen molar-refractivity contribution in [3.8, 4) is 0 Å². The number of amides is 1. The van der Waals surface area contributed by atoms with Crippen molar-refractivity contribution < 1.29 is 9.59 Å². The van der Waals surface area contributed by atoms with Crippen LogP contribution in [0.15, 0.2) is 61.2 Å². The first-order valence-corrected chi connectivity index (χ1v) is 8.53. The summed E-state index contributed by atoms with van der Waals surface area (Å²) in [6.45, 7) is 3.61. The maximum Gasteiger partial charge on any atom is 0.234 e. The van der Waals surface area contributed by atoms with E-state index in [4.69, 9.17) is 11.6 Å². The molecule has 0 heterocycles. The molecule has 118 valence electrons. The summed E-state index contributed by atoms with van der Waals surface area (Å²) in [5.41, 5.74) is 1.39. The summed E-state index contributed by atoms with van der Waals surface area (Å²) < 4.78 is 0. The summed E-state index contributed by atoms with van der Waals surface area (Å²) in [7, 11) is 0. The second-order valence-electron chi connectivity index (χ2n) is 4.74. The predicted molar refractivity (Wildman–Crippen MR) is 97.5 cm³/mol. The Hall–Kier alpha value is -2.04. The molecule has 23 heavy (non-hydrogen) atoms. The summed E-state index contributed by atoms with van der Waals surface area (Å²) in [4.78, 5) is 24.6. The van der Waals surface area contributed by atoms with E-state index in [2.05, 4.69) is 11.9 Å². The van der Waals surface area contributed by atoms with Crippen LogP contribution >= 0.6 is 23.4 Å². The average molecular weight is 346 g/mol. The first-order chi connectivity index (χ1) is 11.1. The van der Waals surface area contributed by atoms with Crippen molar-refractivity contribution in [2.75, 3.05) is 16.8 Å². The van der Waals surface area contributed by atoms with Gasteiger partial charge in [-0.3, -0.25) is 9.59 Å². The van der Waals surface area contributed by atoms with E-state index in [1.54, 1.807) is 48.5 Å². The summed E-state index contributed by atoms with van der Waals surface area (Å²) in [5.74, 6) is 0.653. The molecule has 0 aliphatic rings. The van der Waals surface area contributed by atoms with E-state index < -0.39 is 0 Å². The molecular weight excluding hydrogens is 330 g/mol. The Morgan fingerprint density at radius 1 is 1.17 bits per heavy atom. The van der Waals surface area contributed by atoms with Gasteiger partial charge in [-0.05, 0) is 18.2 Å². The fourth-order valence-electron chi connectivity index (χ4n) is 1.98. The Kier molecular flexibility index (Phi) is 6.44. The van der Waals surface area contributed by atoms with Crippen molar-refractivity contribution in [3.63, 3.8) is 0 Å². The van der Waals surface area contributed by atoms with Gasteiger partial charge in [0.2, 0.25) is 5.91 Å². The minimum Gasteiger partial charge on any atom is -0.325 e. The van der Waals surface area contributed by atoms with Crippen LogP contribution in [-0.4, -0.2) is 23.2 Å². The van der Waals surface area contributed by atoms with Crippen molar-refractivity contribution in [1.29, 1.82) is 0 Å². The highest BCUT2D eigenvalue weighted by Gasteiger charge is 2.15. The van der Waals surface area contributed by atoms with Crippen LogP contribution in [0.1, 0.15) is 15.9 Å². The molecule has 2 rings (SSSR count). The Morgan fingerprint density at radius 2 is 1.91 bits per heavy atom. The van der Waals surface area contributed by atoms with Gasteiger partial charge in [-0.15, -0.1) is 18.3 Å². The van der Waals surface area contributed by atoms with Crippen LogP contribution in [0.2, 0.25) is 5.02 Å². The zero-order chi connectivity index (χ0) is 16.7. The largest absolute Gasteiger partial charge is 0.325 e. The Balaban J connectivity index is 2.22. The molecule has 0 bridgehead atoms. The van der Waals surface area contributed by atoms with Gasteiger partial charge in [-0.1, -0.05) is 48.0 Å². The number of thioether (sulfide) groups is 1. The summed E-state index contributed by atoms with van der Waals surface area (Å²) in [6, 6.07) is 13.8. The van der Waals surface area contributed by atoms with E-state index in [-0.39, 0.29) is 11.7 Å². The molecule has 1 N–H and O–H groups in total. The van der Waals surface area contributed by atoms with Gasteiger partial charge < -0.3 is 5.32 Å². The van der Waals surface area contributed by atoms with Crippen molar-refractivity contribution >= 4 is 40.7 Å². The van der Waals surface area contributed by atoms with Crippen LogP contribution < -0.4 is 5.32 Å². The molecule has 1 amide bonds. The average Bonchev–Trinajstić information content (AvgIpc) is 2.57. The Labute approximate surface area is 144 Å². The lowest BCUT2D eigenvalue weighted by atomic mass is 10.0. The van der Waals surface area contributed by atoms with Crippen molar-refractivity contribution in [1.82, 2.24) is 0 Å². The van der Waals surface area contributed by atoms with Gasteiger partial charge in [0.05, 0.1) is 11.4 Å². The molecule has 0 spiro atoms. The number of anilines is 1. The lowest BCUT2D eigenvalue weighted by molar-refractivity contribution is -0.113. The van der Waals surface area contributed by atoms with Gasteiger partial charge in [0.15, 0.2) is 5.78 Å². The fraction of sp³-hybridized carbons (Fsp3) is 0.111. The number of hydrogen-bond acceptors (Lipinski definition) is 3. The number of benzene rings is 2.